The van der Waals surface area contributed by atoms with E-state index >= 15 is 0 Å². The van der Waals surface area contributed by atoms with Crippen LogP contribution in [0.5, 0.6) is 0 Å². The number of rotatable bonds is 6. The standard InChI is InChI=1S/C21H24O8/c1-12(9-22)20(25)28-18-8-16(11-27-14(3)24)6-4-5-15(10-23)7-17-19(18)13(2)21(26)29-17/h6-7,10,17-19,22H,1-2,4-5,8-9,11H2,3H3/b15-7-,16-6-/t17-,18+,19+/m1/s1. The van der Waals surface area contributed by atoms with Gasteiger partial charge in [-0.3, -0.25) is 9.59 Å². The first-order valence-corrected chi connectivity index (χ1v) is 9.13. The summed E-state index contributed by atoms with van der Waals surface area (Å²) >= 11 is 0. The minimum Gasteiger partial charge on any atom is -0.461 e. The molecule has 0 radical (unpaired) electrons. The summed E-state index contributed by atoms with van der Waals surface area (Å²) in [5.74, 6) is -2.69. The van der Waals surface area contributed by atoms with Gasteiger partial charge in [0.1, 0.15) is 25.1 Å². The average molecular weight is 404 g/mol. The van der Waals surface area contributed by atoms with Gasteiger partial charge in [-0.25, -0.2) is 9.59 Å². The first-order chi connectivity index (χ1) is 13.8. The molecule has 2 rings (SSSR count). The maximum absolute atomic E-state index is 12.3. The molecule has 1 fully saturated rings. The Kier molecular flexibility index (Phi) is 7.67. The van der Waals surface area contributed by atoms with Crippen LogP contribution >= 0.6 is 0 Å². The molecule has 156 valence electrons. The highest BCUT2D eigenvalue weighted by Gasteiger charge is 2.44. The zero-order chi connectivity index (χ0) is 21.6. The molecule has 0 aromatic rings. The fourth-order valence-electron chi connectivity index (χ4n) is 3.20. The van der Waals surface area contributed by atoms with Crippen molar-refractivity contribution in [2.24, 2.45) is 5.92 Å². The topological polar surface area (TPSA) is 116 Å². The molecular formula is C21H24O8. The van der Waals surface area contributed by atoms with Crippen molar-refractivity contribution in [1.82, 2.24) is 0 Å². The van der Waals surface area contributed by atoms with Crippen LogP contribution in [0.4, 0.5) is 0 Å². The number of hydrogen-bond donors (Lipinski definition) is 1. The van der Waals surface area contributed by atoms with Crippen molar-refractivity contribution in [2.45, 2.75) is 38.4 Å². The van der Waals surface area contributed by atoms with Crippen LogP contribution in [0.2, 0.25) is 0 Å². The van der Waals surface area contributed by atoms with E-state index < -0.39 is 42.6 Å². The quantitative estimate of drug-likeness (QED) is 0.232. The molecule has 3 atom stereocenters. The van der Waals surface area contributed by atoms with Gasteiger partial charge < -0.3 is 19.3 Å². The molecule has 0 unspecified atom stereocenters. The Balaban J connectivity index is 2.43. The summed E-state index contributed by atoms with van der Waals surface area (Å²) in [6, 6.07) is 0. The summed E-state index contributed by atoms with van der Waals surface area (Å²) in [6.45, 7) is 7.88. The predicted octanol–water partition coefficient (Wildman–Crippen LogP) is 1.34. The third-order valence-electron chi connectivity index (χ3n) is 4.72. The first-order valence-electron chi connectivity index (χ1n) is 9.13. The molecule has 0 amide bonds. The van der Waals surface area contributed by atoms with Crippen LogP contribution in [0, 0.1) is 5.92 Å². The normalized spacial score (nSPS) is 28.0. The molecule has 1 aliphatic carbocycles. The van der Waals surface area contributed by atoms with Crippen LogP contribution < -0.4 is 0 Å². The van der Waals surface area contributed by atoms with Crippen molar-refractivity contribution in [1.29, 1.82) is 0 Å². The minimum absolute atomic E-state index is 0.0247. The van der Waals surface area contributed by atoms with Crippen LogP contribution in [0.25, 0.3) is 0 Å². The summed E-state index contributed by atoms with van der Waals surface area (Å²) in [6.07, 6.45) is 3.34. The maximum Gasteiger partial charge on any atom is 0.336 e. The largest absolute Gasteiger partial charge is 0.461 e. The molecule has 29 heavy (non-hydrogen) atoms. The van der Waals surface area contributed by atoms with E-state index in [1.807, 2.05) is 6.08 Å². The Hall–Kier alpha value is -3.00. The van der Waals surface area contributed by atoms with Crippen molar-refractivity contribution in [3.8, 4) is 0 Å². The SMILES string of the molecule is C=C(CO)C(=O)O[C@H]1C/C(COC(C)=O)=C/CC/C(C=O)=C/[C@H]2OC(=O)C(=C)[C@H]12. The van der Waals surface area contributed by atoms with Gasteiger partial charge in [0.2, 0.25) is 0 Å². The van der Waals surface area contributed by atoms with Crippen molar-refractivity contribution < 1.29 is 38.5 Å². The van der Waals surface area contributed by atoms with Gasteiger partial charge in [0.15, 0.2) is 0 Å². The van der Waals surface area contributed by atoms with E-state index in [1.165, 1.54) is 6.92 Å². The predicted molar refractivity (Wildman–Crippen MR) is 101 cm³/mol. The highest BCUT2D eigenvalue weighted by molar-refractivity contribution is 5.92. The lowest BCUT2D eigenvalue weighted by Crippen LogP contribution is -2.34. The van der Waals surface area contributed by atoms with Gasteiger partial charge >= 0.3 is 17.9 Å². The van der Waals surface area contributed by atoms with Crippen LogP contribution in [0.3, 0.4) is 0 Å². The van der Waals surface area contributed by atoms with Gasteiger partial charge in [0.25, 0.3) is 0 Å². The second-order valence-corrected chi connectivity index (χ2v) is 6.87. The lowest BCUT2D eigenvalue weighted by Gasteiger charge is -2.28. The Labute approximate surface area is 168 Å². The molecular weight excluding hydrogens is 380 g/mol. The second-order valence-electron chi connectivity index (χ2n) is 6.87. The number of carbonyl (C=O) groups excluding carboxylic acids is 4. The molecule has 0 spiro atoms. The molecule has 2 aliphatic rings. The third kappa shape index (κ3) is 5.74. The van der Waals surface area contributed by atoms with E-state index in [2.05, 4.69) is 13.2 Å². The van der Waals surface area contributed by atoms with E-state index in [0.29, 0.717) is 30.3 Å². The van der Waals surface area contributed by atoms with Crippen LogP contribution in [0.1, 0.15) is 26.2 Å². The number of aliphatic hydroxyl groups excluding tert-OH is 1. The summed E-state index contributed by atoms with van der Waals surface area (Å²) in [7, 11) is 0. The van der Waals surface area contributed by atoms with Crippen LogP contribution in [0.15, 0.2) is 47.6 Å². The van der Waals surface area contributed by atoms with E-state index in [9.17, 15) is 19.2 Å². The molecule has 0 aromatic heterocycles. The number of aliphatic hydroxyl groups is 1. The number of carbonyl (C=O) groups is 4. The average Bonchev–Trinajstić information content (AvgIpc) is 2.96. The van der Waals surface area contributed by atoms with Gasteiger partial charge in [-0.05, 0) is 30.1 Å². The van der Waals surface area contributed by atoms with E-state index in [4.69, 9.17) is 19.3 Å². The number of fused-ring (bicyclic) bond motifs is 1. The molecule has 0 bridgehead atoms. The number of aldehydes is 1. The summed E-state index contributed by atoms with van der Waals surface area (Å²) in [4.78, 5) is 47.0. The fourth-order valence-corrected chi connectivity index (χ4v) is 3.20. The van der Waals surface area contributed by atoms with E-state index in [0.717, 1.165) is 0 Å². The van der Waals surface area contributed by atoms with E-state index in [-0.39, 0.29) is 24.2 Å². The molecule has 8 nitrogen and oxygen atoms in total. The van der Waals surface area contributed by atoms with E-state index in [1.54, 1.807) is 6.08 Å². The van der Waals surface area contributed by atoms with Crippen molar-refractivity contribution in [3.05, 3.63) is 47.6 Å². The van der Waals surface area contributed by atoms with Gasteiger partial charge in [-0.1, -0.05) is 19.2 Å². The number of hydrogen-bond acceptors (Lipinski definition) is 8. The van der Waals surface area contributed by atoms with Crippen molar-refractivity contribution in [3.63, 3.8) is 0 Å². The lowest BCUT2D eigenvalue weighted by molar-refractivity contribution is -0.148. The monoisotopic (exact) mass is 404 g/mol. The highest BCUT2D eigenvalue weighted by atomic mass is 16.6. The Bertz CT molecular complexity index is 789. The van der Waals surface area contributed by atoms with Crippen LogP contribution in [-0.2, 0) is 33.4 Å². The Morgan fingerprint density at radius 2 is 2.14 bits per heavy atom. The fraction of sp³-hybridized carbons (Fsp3) is 0.429. The number of esters is 3. The molecule has 1 heterocycles. The van der Waals surface area contributed by atoms with Crippen LogP contribution in [-0.4, -0.2) is 54.7 Å². The smallest absolute Gasteiger partial charge is 0.336 e. The molecule has 1 aliphatic heterocycles. The van der Waals surface area contributed by atoms with Crippen molar-refractivity contribution >= 4 is 24.2 Å². The molecule has 0 aromatic carbocycles. The van der Waals surface area contributed by atoms with Gasteiger partial charge in [-0.2, -0.15) is 0 Å². The number of ether oxygens (including phenoxy) is 3. The molecule has 1 saturated heterocycles. The highest BCUT2D eigenvalue weighted by Crippen LogP contribution is 2.36. The third-order valence-corrected chi connectivity index (χ3v) is 4.72. The van der Waals surface area contributed by atoms with Gasteiger partial charge in [0.05, 0.1) is 18.1 Å². The van der Waals surface area contributed by atoms with Crippen molar-refractivity contribution in [2.75, 3.05) is 13.2 Å². The first kappa shape index (κ1) is 22.3. The zero-order valence-corrected chi connectivity index (χ0v) is 16.2. The summed E-state index contributed by atoms with van der Waals surface area (Å²) in [5, 5.41) is 9.15. The second kappa shape index (κ2) is 9.97. The molecule has 8 heteroatoms. The van der Waals surface area contributed by atoms with Gasteiger partial charge in [-0.15, -0.1) is 0 Å². The Morgan fingerprint density at radius 1 is 1.41 bits per heavy atom. The summed E-state index contributed by atoms with van der Waals surface area (Å²) in [5.41, 5.74) is 1.04. The lowest BCUT2D eigenvalue weighted by atomic mass is 9.85. The maximum atomic E-state index is 12.3. The zero-order valence-electron chi connectivity index (χ0n) is 16.2. The molecule has 0 saturated carbocycles. The minimum atomic E-state index is -0.904. The molecule has 1 N–H and O–H groups in total. The Morgan fingerprint density at radius 3 is 2.76 bits per heavy atom. The number of allylic oxidation sites excluding steroid dienone is 2. The summed E-state index contributed by atoms with van der Waals surface area (Å²) < 4.78 is 15.9. The van der Waals surface area contributed by atoms with Gasteiger partial charge in [0, 0.05) is 18.9 Å².